The summed E-state index contributed by atoms with van der Waals surface area (Å²) in [5.41, 5.74) is 0. The van der Waals surface area contributed by atoms with Crippen LogP contribution in [0.2, 0.25) is 0 Å². The first-order valence-corrected chi connectivity index (χ1v) is 8.68. The van der Waals surface area contributed by atoms with Gasteiger partial charge in [-0.25, -0.2) is 0 Å². The average Bonchev–Trinajstić information content (AvgIpc) is 2.42. The van der Waals surface area contributed by atoms with Crippen LogP contribution in [0.5, 0.6) is 0 Å². The molecule has 1 aliphatic rings. The largest absolute Gasteiger partial charge is 0.379 e. The Morgan fingerprint density at radius 3 is 1.86 bits per heavy atom. The monoisotopic (exact) mass is 300 g/mol. The Kier molecular flexibility index (Phi) is 10.3. The van der Waals surface area contributed by atoms with Gasteiger partial charge in [0.05, 0.1) is 19.8 Å². The number of ether oxygens (including phenoxy) is 2. The molecule has 1 fully saturated rings. The molecule has 0 saturated carbocycles. The van der Waals surface area contributed by atoms with Gasteiger partial charge in [0.25, 0.3) is 0 Å². The molecule has 21 heavy (non-hydrogen) atoms. The Hall–Kier alpha value is -0.160. The summed E-state index contributed by atoms with van der Waals surface area (Å²) >= 11 is 0. The van der Waals surface area contributed by atoms with E-state index in [1.807, 2.05) is 0 Å². The van der Waals surface area contributed by atoms with Crippen LogP contribution in [0.25, 0.3) is 0 Å². The third-order valence-corrected chi connectivity index (χ3v) is 3.85. The highest BCUT2D eigenvalue weighted by atomic mass is 16.5. The minimum absolute atomic E-state index is 0.722. The van der Waals surface area contributed by atoms with E-state index in [0.29, 0.717) is 0 Å². The molecule has 0 N–H and O–H groups in total. The zero-order valence-electron chi connectivity index (χ0n) is 14.6. The molecule has 126 valence electrons. The van der Waals surface area contributed by atoms with Crippen LogP contribution in [0.15, 0.2) is 0 Å². The van der Waals surface area contributed by atoms with Gasteiger partial charge in [-0.15, -0.1) is 0 Å². The molecule has 0 unspecified atom stereocenters. The molecule has 0 aromatic rings. The fourth-order valence-corrected chi connectivity index (χ4v) is 2.55. The molecule has 1 aliphatic heterocycles. The zero-order chi connectivity index (χ0) is 15.5. The molecule has 0 radical (unpaired) electrons. The summed E-state index contributed by atoms with van der Waals surface area (Å²) in [6, 6.07) is 0. The molecule has 0 spiro atoms. The first kappa shape index (κ1) is 18.9. The highest BCUT2D eigenvalue weighted by Gasteiger charge is 2.16. The van der Waals surface area contributed by atoms with Crippen molar-refractivity contribution in [3.63, 3.8) is 0 Å². The third-order valence-electron chi connectivity index (χ3n) is 3.85. The summed E-state index contributed by atoms with van der Waals surface area (Å²) in [5.74, 6) is 1.50. The zero-order valence-corrected chi connectivity index (χ0v) is 14.6. The molecule has 4 heteroatoms. The predicted octanol–water partition coefficient (Wildman–Crippen LogP) is 2.34. The molecule has 4 nitrogen and oxygen atoms in total. The summed E-state index contributed by atoms with van der Waals surface area (Å²) in [6.07, 6.45) is 1.14. The van der Waals surface area contributed by atoms with Gasteiger partial charge in [-0.3, -0.25) is 4.90 Å². The lowest BCUT2D eigenvalue weighted by Crippen LogP contribution is -2.48. The second-order valence-corrected chi connectivity index (χ2v) is 6.94. The summed E-state index contributed by atoms with van der Waals surface area (Å²) in [6.45, 7) is 19.2. The van der Waals surface area contributed by atoms with Crippen molar-refractivity contribution in [1.82, 2.24) is 9.80 Å². The van der Waals surface area contributed by atoms with E-state index in [-0.39, 0.29) is 0 Å². The molecule has 0 amide bonds. The van der Waals surface area contributed by atoms with Crippen LogP contribution >= 0.6 is 0 Å². The van der Waals surface area contributed by atoms with Crippen LogP contribution in [0.1, 0.15) is 34.1 Å². The van der Waals surface area contributed by atoms with Gasteiger partial charge in [0.15, 0.2) is 0 Å². The fourth-order valence-electron chi connectivity index (χ4n) is 2.55. The van der Waals surface area contributed by atoms with E-state index in [1.165, 1.54) is 32.7 Å². The molecule has 1 heterocycles. The van der Waals surface area contributed by atoms with E-state index in [9.17, 15) is 0 Å². The number of nitrogens with zero attached hydrogens (tertiary/aromatic N) is 2. The normalized spacial score (nSPS) is 18.0. The summed E-state index contributed by atoms with van der Waals surface area (Å²) in [5, 5.41) is 0. The fraction of sp³-hybridized carbons (Fsp3) is 1.00. The number of rotatable bonds is 11. The van der Waals surface area contributed by atoms with E-state index < -0.39 is 0 Å². The van der Waals surface area contributed by atoms with Crippen molar-refractivity contribution < 1.29 is 9.47 Å². The lowest BCUT2D eigenvalue weighted by atomic mass is 10.1. The quantitative estimate of drug-likeness (QED) is 0.547. The topological polar surface area (TPSA) is 24.9 Å². The second kappa shape index (κ2) is 11.4. The van der Waals surface area contributed by atoms with E-state index in [2.05, 4.69) is 37.5 Å². The van der Waals surface area contributed by atoms with Crippen LogP contribution in [-0.4, -0.2) is 75.5 Å². The number of piperazine rings is 1. The van der Waals surface area contributed by atoms with Crippen molar-refractivity contribution in [3.8, 4) is 0 Å². The molecule has 0 aliphatic carbocycles. The minimum atomic E-state index is 0.722. The van der Waals surface area contributed by atoms with Gasteiger partial charge in [0, 0.05) is 45.9 Å². The van der Waals surface area contributed by atoms with Crippen molar-refractivity contribution in [2.75, 3.05) is 65.7 Å². The smallest absolute Gasteiger partial charge is 0.0701 e. The number of hydrogen-bond donors (Lipinski definition) is 0. The standard InChI is InChI=1S/C17H36N2O2/c1-16(2)5-11-20-13-14-21-12-10-18-6-8-19(9-7-18)15-17(3)4/h16-17H,5-15H2,1-4H3. The van der Waals surface area contributed by atoms with E-state index in [4.69, 9.17) is 9.47 Å². The van der Waals surface area contributed by atoms with Crippen LogP contribution in [-0.2, 0) is 9.47 Å². The maximum Gasteiger partial charge on any atom is 0.0701 e. The van der Waals surface area contributed by atoms with Crippen molar-refractivity contribution >= 4 is 0 Å². The van der Waals surface area contributed by atoms with Gasteiger partial charge in [-0.05, 0) is 18.3 Å². The SMILES string of the molecule is CC(C)CCOCCOCCN1CCN(CC(C)C)CC1. The Bertz CT molecular complexity index is 239. The summed E-state index contributed by atoms with van der Waals surface area (Å²) in [7, 11) is 0. The average molecular weight is 300 g/mol. The molecule has 0 bridgehead atoms. The molecule has 0 aromatic heterocycles. The minimum Gasteiger partial charge on any atom is -0.379 e. The van der Waals surface area contributed by atoms with Crippen LogP contribution in [0.4, 0.5) is 0 Å². The van der Waals surface area contributed by atoms with Gasteiger partial charge in [0.2, 0.25) is 0 Å². The van der Waals surface area contributed by atoms with Crippen LogP contribution in [0, 0.1) is 11.8 Å². The Balaban J connectivity index is 1.88. The van der Waals surface area contributed by atoms with Crippen molar-refractivity contribution in [2.45, 2.75) is 34.1 Å². The molecule has 1 rings (SSSR count). The van der Waals surface area contributed by atoms with Crippen molar-refractivity contribution in [1.29, 1.82) is 0 Å². The summed E-state index contributed by atoms with van der Waals surface area (Å²) < 4.78 is 11.2. The lowest BCUT2D eigenvalue weighted by Gasteiger charge is -2.35. The number of hydrogen-bond acceptors (Lipinski definition) is 4. The molecule has 0 aromatic carbocycles. The second-order valence-electron chi connectivity index (χ2n) is 6.94. The van der Waals surface area contributed by atoms with Gasteiger partial charge in [0.1, 0.15) is 0 Å². The van der Waals surface area contributed by atoms with Gasteiger partial charge < -0.3 is 14.4 Å². The highest BCUT2D eigenvalue weighted by Crippen LogP contribution is 2.05. The van der Waals surface area contributed by atoms with E-state index >= 15 is 0 Å². The van der Waals surface area contributed by atoms with Gasteiger partial charge in [-0.1, -0.05) is 27.7 Å². The lowest BCUT2D eigenvalue weighted by molar-refractivity contribution is 0.0286. The summed E-state index contributed by atoms with van der Waals surface area (Å²) in [4.78, 5) is 5.08. The van der Waals surface area contributed by atoms with Crippen LogP contribution in [0.3, 0.4) is 0 Å². The maximum atomic E-state index is 5.65. The first-order valence-electron chi connectivity index (χ1n) is 8.68. The van der Waals surface area contributed by atoms with Crippen molar-refractivity contribution in [2.24, 2.45) is 11.8 Å². The third kappa shape index (κ3) is 10.2. The Labute approximate surface area is 131 Å². The first-order chi connectivity index (χ1) is 10.1. The highest BCUT2D eigenvalue weighted by molar-refractivity contribution is 4.72. The Morgan fingerprint density at radius 1 is 0.714 bits per heavy atom. The van der Waals surface area contributed by atoms with Crippen molar-refractivity contribution in [3.05, 3.63) is 0 Å². The predicted molar refractivity (Wildman–Crippen MR) is 88.8 cm³/mol. The van der Waals surface area contributed by atoms with E-state index in [1.54, 1.807) is 0 Å². The van der Waals surface area contributed by atoms with E-state index in [0.717, 1.165) is 51.2 Å². The van der Waals surface area contributed by atoms with Gasteiger partial charge >= 0.3 is 0 Å². The van der Waals surface area contributed by atoms with Crippen LogP contribution < -0.4 is 0 Å². The molecule has 0 atom stereocenters. The molecular weight excluding hydrogens is 264 g/mol. The maximum absolute atomic E-state index is 5.65. The molecular formula is C17H36N2O2. The molecule has 1 saturated heterocycles. The Morgan fingerprint density at radius 2 is 1.29 bits per heavy atom. The van der Waals surface area contributed by atoms with Gasteiger partial charge in [-0.2, -0.15) is 0 Å².